The topological polar surface area (TPSA) is 38.8 Å². The number of likely N-dealkylation sites (tertiary alicyclic amines) is 1. The summed E-state index contributed by atoms with van der Waals surface area (Å²) in [5, 5.41) is 0.241. The van der Waals surface area contributed by atoms with Crippen molar-refractivity contribution < 1.29 is 14.0 Å². The lowest BCUT2D eigenvalue weighted by Crippen LogP contribution is -2.46. The molecule has 1 heterocycles. The first-order valence-corrected chi connectivity index (χ1v) is 12.4. The summed E-state index contributed by atoms with van der Waals surface area (Å²) in [7, 11) is -1.69. The Morgan fingerprint density at radius 2 is 1.84 bits per heavy atom. The van der Waals surface area contributed by atoms with Gasteiger partial charge in [0.1, 0.15) is 5.60 Å². The van der Waals surface area contributed by atoms with Crippen molar-refractivity contribution in [3.05, 3.63) is 12.7 Å². The summed E-state index contributed by atoms with van der Waals surface area (Å²) in [5.74, 6) is 0.838. The standard InChI is InChI=1S/C20H39NO3Si/c1-10-16-15-21(18(22)24-19(2,3)4)13-11-17(16)12-14-23-25(8,9)20(5,6)7/h10,16-17H,1,11-15H2,2-9H3/t16-,17-/m0/s1. The highest BCUT2D eigenvalue weighted by Crippen LogP contribution is 2.37. The van der Waals surface area contributed by atoms with Crippen LogP contribution >= 0.6 is 0 Å². The van der Waals surface area contributed by atoms with Crippen LogP contribution in [-0.4, -0.2) is 44.6 Å². The molecule has 2 atom stereocenters. The Balaban J connectivity index is 2.54. The van der Waals surface area contributed by atoms with E-state index >= 15 is 0 Å². The second-order valence-corrected chi connectivity index (χ2v) is 14.6. The zero-order chi connectivity index (χ0) is 19.5. The zero-order valence-corrected chi connectivity index (χ0v) is 18.6. The van der Waals surface area contributed by atoms with Crippen LogP contribution in [0.4, 0.5) is 4.79 Å². The minimum absolute atomic E-state index is 0.213. The number of hydrogen-bond donors (Lipinski definition) is 0. The summed E-state index contributed by atoms with van der Waals surface area (Å²) in [6, 6.07) is 0. The van der Waals surface area contributed by atoms with Gasteiger partial charge >= 0.3 is 6.09 Å². The molecule has 0 aromatic heterocycles. The lowest BCUT2D eigenvalue weighted by Gasteiger charge is -2.39. The smallest absolute Gasteiger partial charge is 0.410 e. The fourth-order valence-electron chi connectivity index (χ4n) is 2.83. The predicted octanol–water partition coefficient (Wildman–Crippen LogP) is 5.46. The number of hydrogen-bond acceptors (Lipinski definition) is 3. The Kier molecular flexibility index (Phi) is 7.34. The molecule has 1 amide bonds. The summed E-state index contributed by atoms with van der Waals surface area (Å²) in [6.45, 7) is 23.4. The highest BCUT2D eigenvalue weighted by atomic mass is 28.4. The maximum Gasteiger partial charge on any atom is 0.410 e. The van der Waals surface area contributed by atoms with Crippen LogP contribution in [0.1, 0.15) is 54.4 Å². The van der Waals surface area contributed by atoms with E-state index in [4.69, 9.17) is 9.16 Å². The zero-order valence-electron chi connectivity index (χ0n) is 17.6. The first-order valence-electron chi connectivity index (χ1n) is 9.51. The van der Waals surface area contributed by atoms with Crippen LogP contribution in [0.25, 0.3) is 0 Å². The van der Waals surface area contributed by atoms with Crippen molar-refractivity contribution in [2.45, 2.75) is 78.1 Å². The number of carbonyl (C=O) groups is 1. The number of amides is 1. The molecule has 1 saturated heterocycles. The molecular weight excluding hydrogens is 330 g/mol. The summed E-state index contributed by atoms with van der Waals surface area (Å²) >= 11 is 0. The van der Waals surface area contributed by atoms with Gasteiger partial charge in [-0.2, -0.15) is 0 Å². The molecule has 1 fully saturated rings. The molecule has 0 aromatic carbocycles. The summed E-state index contributed by atoms with van der Waals surface area (Å²) < 4.78 is 11.8. The largest absolute Gasteiger partial charge is 0.444 e. The summed E-state index contributed by atoms with van der Waals surface area (Å²) in [4.78, 5) is 14.1. The number of piperidine rings is 1. The molecule has 0 N–H and O–H groups in total. The van der Waals surface area contributed by atoms with Gasteiger partial charge in [0.05, 0.1) is 0 Å². The number of carbonyl (C=O) groups excluding carboxylic acids is 1. The molecule has 0 saturated carbocycles. The molecule has 0 bridgehead atoms. The average molecular weight is 370 g/mol. The minimum atomic E-state index is -1.69. The molecular formula is C20H39NO3Si. The monoisotopic (exact) mass is 369 g/mol. The van der Waals surface area contributed by atoms with Crippen molar-refractivity contribution in [1.82, 2.24) is 4.90 Å². The van der Waals surface area contributed by atoms with E-state index in [1.165, 1.54) is 0 Å². The van der Waals surface area contributed by atoms with E-state index in [2.05, 4.69) is 40.4 Å². The van der Waals surface area contributed by atoms with Gasteiger partial charge in [0, 0.05) is 19.7 Å². The first-order chi connectivity index (χ1) is 11.3. The SMILES string of the molecule is C=C[C@H]1CN(C(=O)OC(C)(C)C)CC[C@H]1CCO[Si](C)(C)C(C)(C)C. The van der Waals surface area contributed by atoms with Gasteiger partial charge in [-0.05, 0) is 63.6 Å². The molecule has 1 aliphatic heterocycles. The van der Waals surface area contributed by atoms with Gasteiger partial charge in [-0.1, -0.05) is 26.8 Å². The quantitative estimate of drug-likeness (QED) is 0.477. The molecule has 4 nitrogen and oxygen atoms in total. The highest BCUT2D eigenvalue weighted by molar-refractivity contribution is 6.74. The fraction of sp³-hybridized carbons (Fsp3) is 0.850. The molecule has 1 aliphatic rings. The highest BCUT2D eigenvalue weighted by Gasteiger charge is 2.38. The van der Waals surface area contributed by atoms with Crippen LogP contribution in [0.5, 0.6) is 0 Å². The number of rotatable bonds is 5. The van der Waals surface area contributed by atoms with Gasteiger partial charge in [-0.15, -0.1) is 6.58 Å². The van der Waals surface area contributed by atoms with Gasteiger partial charge < -0.3 is 14.1 Å². The van der Waals surface area contributed by atoms with Crippen molar-refractivity contribution in [3.63, 3.8) is 0 Å². The molecule has 0 aromatic rings. The van der Waals surface area contributed by atoms with Crippen molar-refractivity contribution in [2.24, 2.45) is 11.8 Å². The normalized spacial score (nSPS) is 22.6. The summed E-state index contributed by atoms with van der Waals surface area (Å²) in [5.41, 5.74) is -0.450. The Bertz CT molecular complexity index is 463. The Morgan fingerprint density at radius 1 is 1.24 bits per heavy atom. The van der Waals surface area contributed by atoms with Crippen molar-refractivity contribution >= 4 is 14.4 Å². The molecule has 0 aliphatic carbocycles. The molecule has 146 valence electrons. The molecule has 5 heteroatoms. The second-order valence-electron chi connectivity index (χ2n) is 9.77. The number of ether oxygens (including phenoxy) is 1. The van der Waals surface area contributed by atoms with Crippen LogP contribution in [-0.2, 0) is 9.16 Å². The maximum absolute atomic E-state index is 12.3. The minimum Gasteiger partial charge on any atom is -0.444 e. The Labute approximate surface area is 156 Å². The van der Waals surface area contributed by atoms with Gasteiger partial charge in [0.25, 0.3) is 0 Å². The molecule has 0 unspecified atom stereocenters. The predicted molar refractivity (Wildman–Crippen MR) is 107 cm³/mol. The van der Waals surface area contributed by atoms with E-state index in [0.29, 0.717) is 18.4 Å². The van der Waals surface area contributed by atoms with Crippen LogP contribution < -0.4 is 0 Å². The van der Waals surface area contributed by atoms with E-state index in [0.717, 1.165) is 26.0 Å². The molecule has 0 spiro atoms. The fourth-order valence-corrected chi connectivity index (χ4v) is 3.89. The van der Waals surface area contributed by atoms with Crippen molar-refractivity contribution in [2.75, 3.05) is 19.7 Å². The van der Waals surface area contributed by atoms with Crippen LogP contribution in [0.15, 0.2) is 12.7 Å². The molecule has 1 rings (SSSR count). The van der Waals surface area contributed by atoms with Crippen LogP contribution in [0, 0.1) is 11.8 Å². The van der Waals surface area contributed by atoms with E-state index in [1.807, 2.05) is 31.7 Å². The molecule has 0 radical (unpaired) electrons. The van der Waals surface area contributed by atoms with Gasteiger partial charge in [0.2, 0.25) is 0 Å². The second kappa shape index (κ2) is 8.25. The van der Waals surface area contributed by atoms with Crippen LogP contribution in [0.3, 0.4) is 0 Å². The van der Waals surface area contributed by atoms with E-state index in [9.17, 15) is 4.79 Å². The lowest BCUT2D eigenvalue weighted by molar-refractivity contribution is 0.0125. The van der Waals surface area contributed by atoms with E-state index in [-0.39, 0.29) is 11.1 Å². The third-order valence-corrected chi connectivity index (χ3v) is 10.1. The van der Waals surface area contributed by atoms with Gasteiger partial charge in [-0.25, -0.2) is 4.79 Å². The van der Waals surface area contributed by atoms with E-state index in [1.54, 1.807) is 0 Å². The number of nitrogens with zero attached hydrogens (tertiary/aromatic N) is 1. The van der Waals surface area contributed by atoms with Gasteiger partial charge in [0.15, 0.2) is 8.32 Å². The Morgan fingerprint density at radius 3 is 2.32 bits per heavy atom. The van der Waals surface area contributed by atoms with Crippen molar-refractivity contribution in [3.8, 4) is 0 Å². The summed E-state index contributed by atoms with van der Waals surface area (Å²) in [6.07, 6.45) is 3.80. The van der Waals surface area contributed by atoms with Crippen LogP contribution in [0.2, 0.25) is 18.1 Å². The third kappa shape index (κ3) is 6.78. The maximum atomic E-state index is 12.3. The average Bonchev–Trinajstić information content (AvgIpc) is 2.44. The van der Waals surface area contributed by atoms with Gasteiger partial charge in [-0.3, -0.25) is 0 Å². The third-order valence-electron chi connectivity index (χ3n) is 5.52. The molecule has 25 heavy (non-hydrogen) atoms. The first kappa shape index (κ1) is 22.2. The Hall–Kier alpha value is -0.813. The van der Waals surface area contributed by atoms with Crippen molar-refractivity contribution in [1.29, 1.82) is 0 Å². The lowest BCUT2D eigenvalue weighted by atomic mass is 9.83. The van der Waals surface area contributed by atoms with E-state index < -0.39 is 13.9 Å².